The average Bonchev–Trinajstić information content (AvgIpc) is 3.47. The fourth-order valence-corrected chi connectivity index (χ4v) is 4.13. The van der Waals surface area contributed by atoms with Crippen LogP contribution in [-0.4, -0.2) is 20.4 Å². The largest absolute Gasteiger partial charge is 0.457 e. The van der Waals surface area contributed by atoms with E-state index in [1.807, 2.05) is 49.4 Å². The lowest BCUT2D eigenvalue weighted by molar-refractivity contribution is 0.101. The second-order valence-corrected chi connectivity index (χ2v) is 8.26. The highest BCUT2D eigenvalue weighted by atomic mass is 32.1. The van der Waals surface area contributed by atoms with Gasteiger partial charge in [0.15, 0.2) is 11.6 Å². The van der Waals surface area contributed by atoms with Gasteiger partial charge in [-0.15, -0.1) is 5.10 Å². The Kier molecular flexibility index (Phi) is 4.60. The Morgan fingerprint density at radius 3 is 2.39 bits per heavy atom. The number of aromatic nitrogens is 3. The van der Waals surface area contributed by atoms with Gasteiger partial charge in [-0.05, 0) is 26.0 Å². The maximum Gasteiger partial charge on any atom is 0.291 e. The van der Waals surface area contributed by atoms with Crippen LogP contribution in [0.25, 0.3) is 33.7 Å². The lowest BCUT2D eigenvalue weighted by Gasteiger charge is -1.98. The maximum absolute atomic E-state index is 12.8. The van der Waals surface area contributed by atoms with E-state index < -0.39 is 0 Å². The predicted octanol–water partition coefficient (Wildman–Crippen LogP) is 4.14. The highest BCUT2D eigenvalue weighted by Crippen LogP contribution is 2.23. The first-order chi connectivity index (χ1) is 15.0. The molecule has 0 saturated carbocycles. The first-order valence-corrected chi connectivity index (χ1v) is 10.5. The lowest BCUT2D eigenvalue weighted by Crippen LogP contribution is -2.23. The molecule has 0 radical (unpaired) electrons. The number of ketones is 1. The molecule has 0 unspecified atom stereocenters. The van der Waals surface area contributed by atoms with Gasteiger partial charge in [0, 0.05) is 22.8 Å². The van der Waals surface area contributed by atoms with Crippen LogP contribution in [0.15, 0.2) is 69.9 Å². The van der Waals surface area contributed by atoms with Crippen molar-refractivity contribution in [1.82, 2.24) is 14.6 Å². The van der Waals surface area contributed by atoms with Gasteiger partial charge in [0.05, 0.1) is 0 Å². The molecular weight excluding hydrogens is 410 g/mol. The maximum atomic E-state index is 12.8. The van der Waals surface area contributed by atoms with Gasteiger partial charge >= 0.3 is 0 Å². The van der Waals surface area contributed by atoms with Crippen LogP contribution >= 0.6 is 11.3 Å². The number of carbonyl (C=O) groups is 1. The Labute approximate surface area is 181 Å². The van der Waals surface area contributed by atoms with E-state index >= 15 is 0 Å². The summed E-state index contributed by atoms with van der Waals surface area (Å²) in [6.07, 6.45) is 1.70. The average molecular weight is 427 g/mol. The number of hydrogen-bond donors (Lipinski definition) is 0. The Bertz CT molecular complexity index is 1520. The summed E-state index contributed by atoms with van der Waals surface area (Å²) < 4.78 is 7.71. The van der Waals surface area contributed by atoms with Crippen molar-refractivity contribution in [2.24, 2.45) is 0 Å². The van der Waals surface area contributed by atoms with Crippen molar-refractivity contribution < 1.29 is 9.21 Å². The molecule has 0 aliphatic heterocycles. The van der Waals surface area contributed by atoms with Crippen LogP contribution in [0.3, 0.4) is 0 Å². The molecule has 0 N–H and O–H groups in total. The summed E-state index contributed by atoms with van der Waals surface area (Å²) in [6.45, 7) is 3.55. The number of aryl methyl sites for hydroxylation is 1. The normalized spacial score (nSPS) is 12.0. The third-order valence-electron chi connectivity index (χ3n) is 4.97. The molecule has 0 bridgehead atoms. The fourth-order valence-electron chi connectivity index (χ4n) is 3.24. The van der Waals surface area contributed by atoms with Crippen molar-refractivity contribution in [3.05, 3.63) is 92.4 Å². The molecule has 0 amide bonds. The van der Waals surface area contributed by atoms with E-state index in [2.05, 4.69) is 10.1 Å². The van der Waals surface area contributed by atoms with E-state index in [0.29, 0.717) is 32.4 Å². The van der Waals surface area contributed by atoms with Crippen LogP contribution in [0.5, 0.6) is 0 Å². The SMILES string of the molecule is CC(=O)c1ccc(-c2ccc(C=c3sc4nc(-c5ccc(C)cc5)nn4c3=O)o2)cc1. The van der Waals surface area contributed by atoms with E-state index in [9.17, 15) is 9.59 Å². The molecule has 0 aliphatic rings. The van der Waals surface area contributed by atoms with Gasteiger partial charge in [0.1, 0.15) is 16.1 Å². The number of furan rings is 1. The zero-order valence-electron chi connectivity index (χ0n) is 16.8. The Morgan fingerprint density at radius 2 is 1.71 bits per heavy atom. The fraction of sp³-hybridized carbons (Fsp3) is 0.0833. The van der Waals surface area contributed by atoms with Gasteiger partial charge in [-0.25, -0.2) is 0 Å². The van der Waals surface area contributed by atoms with Gasteiger partial charge < -0.3 is 4.42 Å². The minimum absolute atomic E-state index is 0.0184. The van der Waals surface area contributed by atoms with Crippen molar-refractivity contribution >= 4 is 28.2 Å². The molecule has 5 aromatic rings. The topological polar surface area (TPSA) is 77.5 Å². The van der Waals surface area contributed by atoms with Crippen LogP contribution in [0.2, 0.25) is 0 Å². The van der Waals surface area contributed by atoms with Crippen molar-refractivity contribution in [2.75, 3.05) is 0 Å². The summed E-state index contributed by atoms with van der Waals surface area (Å²) >= 11 is 1.27. The molecular formula is C24H17N3O3S. The number of rotatable bonds is 4. The van der Waals surface area contributed by atoms with Crippen molar-refractivity contribution in [2.45, 2.75) is 13.8 Å². The molecule has 2 aromatic carbocycles. The monoisotopic (exact) mass is 427 g/mol. The molecule has 7 heteroatoms. The molecule has 6 nitrogen and oxygen atoms in total. The van der Waals surface area contributed by atoms with Crippen LogP contribution in [0.1, 0.15) is 28.6 Å². The number of Topliss-reactive ketones (excluding diaryl/α,β-unsaturated/α-hetero) is 1. The molecule has 5 rings (SSSR count). The Balaban J connectivity index is 1.47. The molecule has 0 spiro atoms. The molecule has 0 atom stereocenters. The van der Waals surface area contributed by atoms with Crippen LogP contribution in [-0.2, 0) is 0 Å². The molecule has 0 fully saturated rings. The standard InChI is InChI=1S/C24H17N3O3S/c1-14-3-5-18(6-4-14)22-25-24-27(26-22)23(29)21(31-24)13-19-11-12-20(30-19)17-9-7-16(8-10-17)15(2)28/h3-13H,1-2H3. The van der Waals surface area contributed by atoms with Crippen LogP contribution in [0.4, 0.5) is 0 Å². The smallest absolute Gasteiger partial charge is 0.291 e. The molecule has 3 heterocycles. The summed E-state index contributed by atoms with van der Waals surface area (Å²) in [7, 11) is 0. The zero-order valence-corrected chi connectivity index (χ0v) is 17.6. The second kappa shape index (κ2) is 7.45. The summed E-state index contributed by atoms with van der Waals surface area (Å²) in [5.41, 5.74) is 3.31. The number of carbonyl (C=O) groups excluding carboxylic acids is 1. The molecule has 0 aliphatic carbocycles. The minimum Gasteiger partial charge on any atom is -0.457 e. The lowest BCUT2D eigenvalue weighted by atomic mass is 10.1. The van der Waals surface area contributed by atoms with Gasteiger partial charge in [0.25, 0.3) is 5.56 Å². The highest BCUT2D eigenvalue weighted by molar-refractivity contribution is 7.15. The number of fused-ring (bicyclic) bond motifs is 1. The molecule has 0 saturated heterocycles. The van der Waals surface area contributed by atoms with E-state index in [1.54, 1.807) is 24.3 Å². The highest BCUT2D eigenvalue weighted by Gasteiger charge is 2.12. The van der Waals surface area contributed by atoms with E-state index in [0.717, 1.165) is 16.7 Å². The Morgan fingerprint density at radius 1 is 1.00 bits per heavy atom. The third kappa shape index (κ3) is 3.60. The van der Waals surface area contributed by atoms with Gasteiger partial charge in [0.2, 0.25) is 4.96 Å². The predicted molar refractivity (Wildman–Crippen MR) is 120 cm³/mol. The summed E-state index contributed by atoms with van der Waals surface area (Å²) in [6, 6.07) is 18.7. The molecule has 152 valence electrons. The van der Waals surface area contributed by atoms with E-state index in [4.69, 9.17) is 4.42 Å². The summed E-state index contributed by atoms with van der Waals surface area (Å²) in [4.78, 5) is 29.2. The van der Waals surface area contributed by atoms with E-state index in [-0.39, 0.29) is 11.3 Å². The second-order valence-electron chi connectivity index (χ2n) is 7.25. The van der Waals surface area contributed by atoms with E-state index in [1.165, 1.54) is 22.8 Å². The first kappa shape index (κ1) is 19.1. The number of hydrogen-bond acceptors (Lipinski definition) is 6. The van der Waals surface area contributed by atoms with Crippen molar-refractivity contribution in [3.63, 3.8) is 0 Å². The van der Waals surface area contributed by atoms with Crippen LogP contribution < -0.4 is 10.1 Å². The number of nitrogens with zero attached hydrogens (tertiary/aromatic N) is 3. The number of benzene rings is 2. The molecule has 31 heavy (non-hydrogen) atoms. The van der Waals surface area contributed by atoms with Gasteiger partial charge in [-0.1, -0.05) is 65.4 Å². The zero-order chi connectivity index (χ0) is 21.5. The Hall–Kier alpha value is -3.84. The van der Waals surface area contributed by atoms with Crippen LogP contribution in [0, 0.1) is 6.92 Å². The molecule has 3 aromatic heterocycles. The first-order valence-electron chi connectivity index (χ1n) is 9.67. The van der Waals surface area contributed by atoms with Crippen molar-refractivity contribution in [3.8, 4) is 22.7 Å². The number of thiazole rings is 1. The summed E-state index contributed by atoms with van der Waals surface area (Å²) in [5.74, 6) is 1.77. The minimum atomic E-state index is -0.227. The van der Waals surface area contributed by atoms with Gasteiger partial charge in [-0.3, -0.25) is 9.59 Å². The quantitative estimate of drug-likeness (QED) is 0.403. The summed E-state index contributed by atoms with van der Waals surface area (Å²) in [5, 5.41) is 4.38. The third-order valence-corrected chi connectivity index (χ3v) is 5.93. The van der Waals surface area contributed by atoms with Gasteiger partial charge in [-0.2, -0.15) is 9.50 Å². The van der Waals surface area contributed by atoms with Crippen molar-refractivity contribution in [1.29, 1.82) is 0 Å².